The molecule has 1 atom stereocenters. The maximum Gasteiger partial charge on any atom is 0.245 e. The Bertz CT molecular complexity index is 775. The zero-order valence-electron chi connectivity index (χ0n) is 13.8. The Balaban J connectivity index is 1.92. The second-order valence-electron chi connectivity index (χ2n) is 6.12. The quantitative estimate of drug-likeness (QED) is 0.854. The van der Waals surface area contributed by atoms with Crippen LogP contribution in [0.3, 0.4) is 0 Å². The van der Waals surface area contributed by atoms with Crippen molar-refractivity contribution in [3.05, 3.63) is 71.3 Å². The summed E-state index contributed by atoms with van der Waals surface area (Å²) in [6, 6.07) is 12.0. The van der Waals surface area contributed by atoms with Gasteiger partial charge in [0.25, 0.3) is 0 Å². The Morgan fingerprint density at radius 3 is 2.28 bits per heavy atom. The van der Waals surface area contributed by atoms with E-state index >= 15 is 0 Å². The van der Waals surface area contributed by atoms with Crippen molar-refractivity contribution < 1.29 is 18.4 Å². The largest absolute Gasteiger partial charge is 0.335 e. The number of carbonyl (C=O) groups excluding carboxylic acids is 2. The monoisotopic (exact) mass is 344 g/mol. The Labute approximate surface area is 144 Å². The normalized spacial score (nSPS) is 18.0. The zero-order valence-corrected chi connectivity index (χ0v) is 13.8. The van der Waals surface area contributed by atoms with Crippen LogP contribution in [0.5, 0.6) is 0 Å². The van der Waals surface area contributed by atoms with Crippen LogP contribution < -0.4 is 0 Å². The van der Waals surface area contributed by atoms with E-state index in [2.05, 4.69) is 0 Å². The van der Waals surface area contributed by atoms with Gasteiger partial charge in [0.15, 0.2) is 0 Å². The highest BCUT2D eigenvalue weighted by atomic mass is 19.1. The first-order valence-electron chi connectivity index (χ1n) is 7.98. The van der Waals surface area contributed by atoms with Crippen LogP contribution in [-0.2, 0) is 22.6 Å². The van der Waals surface area contributed by atoms with Crippen LogP contribution in [0.2, 0.25) is 0 Å². The van der Waals surface area contributed by atoms with Crippen LogP contribution in [0, 0.1) is 11.6 Å². The second kappa shape index (κ2) is 7.01. The number of halogens is 2. The van der Waals surface area contributed by atoms with Crippen molar-refractivity contribution in [2.75, 3.05) is 13.6 Å². The molecule has 0 aromatic heterocycles. The molecule has 0 saturated carbocycles. The van der Waals surface area contributed by atoms with Crippen LogP contribution in [0.1, 0.15) is 11.1 Å². The predicted octanol–water partition coefficient (Wildman–Crippen LogP) is 2.38. The molecule has 0 radical (unpaired) electrons. The molecule has 0 N–H and O–H groups in total. The third-order valence-electron chi connectivity index (χ3n) is 4.39. The molecule has 2 aromatic carbocycles. The number of rotatable bonds is 4. The lowest BCUT2D eigenvalue weighted by molar-refractivity contribution is -0.155. The summed E-state index contributed by atoms with van der Waals surface area (Å²) in [6.07, 6.45) is 0.297. The number of amides is 2. The smallest absolute Gasteiger partial charge is 0.245 e. The molecule has 4 nitrogen and oxygen atoms in total. The SMILES string of the molecule is CN1CC(=O)N(Cc2c(F)cccc2F)[C@H](Cc2ccccc2)C1=O. The van der Waals surface area contributed by atoms with Gasteiger partial charge in [0.2, 0.25) is 11.8 Å². The maximum atomic E-state index is 14.0. The minimum absolute atomic E-state index is 0.0970. The lowest BCUT2D eigenvalue weighted by Crippen LogP contribution is -2.59. The molecule has 130 valence electrons. The van der Waals surface area contributed by atoms with Crippen molar-refractivity contribution in [1.29, 1.82) is 0 Å². The summed E-state index contributed by atoms with van der Waals surface area (Å²) in [5, 5.41) is 0. The first-order valence-corrected chi connectivity index (χ1v) is 7.98. The van der Waals surface area contributed by atoms with E-state index < -0.39 is 17.7 Å². The van der Waals surface area contributed by atoms with E-state index in [-0.39, 0.29) is 30.5 Å². The van der Waals surface area contributed by atoms with Gasteiger partial charge in [-0.05, 0) is 17.7 Å². The number of nitrogens with zero attached hydrogens (tertiary/aromatic N) is 2. The van der Waals surface area contributed by atoms with Crippen LogP contribution in [0.25, 0.3) is 0 Å². The lowest BCUT2D eigenvalue weighted by Gasteiger charge is -2.39. The average molecular weight is 344 g/mol. The first-order chi connectivity index (χ1) is 12.0. The van der Waals surface area contributed by atoms with E-state index in [1.807, 2.05) is 30.3 Å². The number of hydrogen-bond donors (Lipinski definition) is 0. The molecular weight excluding hydrogens is 326 g/mol. The van der Waals surface area contributed by atoms with Gasteiger partial charge in [-0.3, -0.25) is 9.59 Å². The molecule has 2 amide bonds. The Morgan fingerprint density at radius 1 is 1.00 bits per heavy atom. The number of carbonyl (C=O) groups is 2. The van der Waals surface area contributed by atoms with Crippen molar-refractivity contribution in [2.24, 2.45) is 0 Å². The van der Waals surface area contributed by atoms with Crippen molar-refractivity contribution in [1.82, 2.24) is 9.80 Å². The molecule has 3 rings (SSSR count). The van der Waals surface area contributed by atoms with E-state index in [0.717, 1.165) is 17.7 Å². The van der Waals surface area contributed by atoms with Gasteiger partial charge in [-0.1, -0.05) is 36.4 Å². The number of benzene rings is 2. The highest BCUT2D eigenvalue weighted by Gasteiger charge is 2.38. The first kappa shape index (κ1) is 17.1. The molecular formula is C19H18F2N2O2. The molecule has 25 heavy (non-hydrogen) atoms. The van der Waals surface area contributed by atoms with Gasteiger partial charge in [0.1, 0.15) is 17.7 Å². The van der Waals surface area contributed by atoms with E-state index in [1.54, 1.807) is 7.05 Å². The van der Waals surface area contributed by atoms with Gasteiger partial charge in [-0.2, -0.15) is 0 Å². The van der Waals surface area contributed by atoms with Crippen LogP contribution in [-0.4, -0.2) is 41.2 Å². The predicted molar refractivity (Wildman–Crippen MR) is 88.5 cm³/mol. The fourth-order valence-corrected chi connectivity index (χ4v) is 3.02. The van der Waals surface area contributed by atoms with Crippen LogP contribution in [0.15, 0.2) is 48.5 Å². The number of hydrogen-bond acceptors (Lipinski definition) is 2. The third-order valence-corrected chi connectivity index (χ3v) is 4.39. The summed E-state index contributed by atoms with van der Waals surface area (Å²) in [5.41, 5.74) is 0.675. The standard InChI is InChI=1S/C19H18F2N2O2/c1-22-12-18(24)23(11-14-15(20)8-5-9-16(14)21)17(19(22)25)10-13-6-3-2-4-7-13/h2-9,17H,10-12H2,1H3/t17-/m1/s1. The summed E-state index contributed by atoms with van der Waals surface area (Å²) in [7, 11) is 1.55. The van der Waals surface area contributed by atoms with Crippen molar-refractivity contribution in [2.45, 2.75) is 19.0 Å². The maximum absolute atomic E-state index is 14.0. The van der Waals surface area contributed by atoms with E-state index in [0.29, 0.717) is 6.42 Å². The van der Waals surface area contributed by atoms with Gasteiger partial charge in [0, 0.05) is 19.0 Å². The third kappa shape index (κ3) is 3.52. The molecule has 1 fully saturated rings. The summed E-state index contributed by atoms with van der Waals surface area (Å²) >= 11 is 0. The molecule has 1 saturated heterocycles. The Morgan fingerprint density at radius 2 is 1.64 bits per heavy atom. The summed E-state index contributed by atoms with van der Waals surface area (Å²) in [5.74, 6) is -2.01. The highest BCUT2D eigenvalue weighted by molar-refractivity contribution is 5.94. The molecule has 1 heterocycles. The molecule has 0 bridgehead atoms. The fraction of sp³-hybridized carbons (Fsp3) is 0.263. The number of likely N-dealkylation sites (N-methyl/N-ethyl adjacent to an activating group) is 1. The van der Waals surface area contributed by atoms with E-state index in [4.69, 9.17) is 0 Å². The average Bonchev–Trinajstić information content (AvgIpc) is 2.59. The van der Waals surface area contributed by atoms with Crippen LogP contribution >= 0.6 is 0 Å². The molecule has 0 aliphatic carbocycles. The van der Waals surface area contributed by atoms with Gasteiger partial charge in [0.05, 0.1) is 13.1 Å². The lowest BCUT2D eigenvalue weighted by atomic mass is 10.00. The molecule has 1 aliphatic rings. The van der Waals surface area contributed by atoms with Crippen molar-refractivity contribution >= 4 is 11.8 Å². The molecule has 6 heteroatoms. The van der Waals surface area contributed by atoms with Crippen molar-refractivity contribution in [3.63, 3.8) is 0 Å². The molecule has 0 unspecified atom stereocenters. The summed E-state index contributed by atoms with van der Waals surface area (Å²) in [6.45, 7) is -0.366. The molecule has 0 spiro atoms. The van der Waals surface area contributed by atoms with Gasteiger partial charge in [-0.15, -0.1) is 0 Å². The number of piperazine rings is 1. The zero-order chi connectivity index (χ0) is 18.0. The van der Waals surface area contributed by atoms with E-state index in [9.17, 15) is 18.4 Å². The summed E-state index contributed by atoms with van der Waals surface area (Å²) in [4.78, 5) is 27.7. The van der Waals surface area contributed by atoms with E-state index in [1.165, 1.54) is 15.9 Å². The minimum atomic E-state index is -0.785. The van der Waals surface area contributed by atoms with Crippen molar-refractivity contribution in [3.8, 4) is 0 Å². The second-order valence-corrected chi connectivity index (χ2v) is 6.12. The van der Waals surface area contributed by atoms with Gasteiger partial charge in [-0.25, -0.2) is 8.78 Å². The Kier molecular flexibility index (Phi) is 4.79. The topological polar surface area (TPSA) is 40.6 Å². The fourth-order valence-electron chi connectivity index (χ4n) is 3.02. The highest BCUT2D eigenvalue weighted by Crippen LogP contribution is 2.22. The summed E-state index contributed by atoms with van der Waals surface area (Å²) < 4.78 is 28.0. The Hall–Kier alpha value is -2.76. The minimum Gasteiger partial charge on any atom is -0.335 e. The molecule has 2 aromatic rings. The molecule has 1 aliphatic heterocycles. The van der Waals surface area contributed by atoms with Gasteiger partial charge < -0.3 is 9.80 Å². The van der Waals surface area contributed by atoms with Gasteiger partial charge >= 0.3 is 0 Å². The van der Waals surface area contributed by atoms with Crippen LogP contribution in [0.4, 0.5) is 8.78 Å².